The van der Waals surface area contributed by atoms with E-state index in [0.29, 0.717) is 45.9 Å². The molecule has 0 amide bonds. The third-order valence-corrected chi connectivity index (χ3v) is 4.45. The predicted molar refractivity (Wildman–Crippen MR) is 111 cm³/mol. The Kier molecular flexibility index (Phi) is 6.45. The summed E-state index contributed by atoms with van der Waals surface area (Å²) in [5.74, 6) is 4.23. The minimum absolute atomic E-state index is 0.0628. The maximum Gasteiger partial charge on any atom is 0.214 e. The second kappa shape index (κ2) is 9.20. The van der Waals surface area contributed by atoms with Gasteiger partial charge in [0.05, 0.1) is 40.6 Å². The molecule has 1 N–H and O–H groups in total. The van der Waals surface area contributed by atoms with Crippen molar-refractivity contribution in [3.05, 3.63) is 41.6 Å². The number of rotatable bonds is 7. The Morgan fingerprint density at radius 3 is 2.30 bits per heavy atom. The first-order valence-electron chi connectivity index (χ1n) is 9.09. The number of aliphatic hydroxyl groups is 1. The van der Waals surface area contributed by atoms with Crippen LogP contribution in [0.25, 0.3) is 10.9 Å². The molecule has 0 unspecified atom stereocenters. The van der Waals surface area contributed by atoms with E-state index in [9.17, 15) is 4.79 Å². The van der Waals surface area contributed by atoms with E-state index in [-0.39, 0.29) is 18.1 Å². The van der Waals surface area contributed by atoms with Crippen LogP contribution in [0.4, 0.5) is 0 Å². The molecular formula is C22H22N2O6. The van der Waals surface area contributed by atoms with E-state index in [2.05, 4.69) is 17.1 Å². The molecule has 0 saturated carbocycles. The quantitative estimate of drug-likeness (QED) is 0.473. The Balaban J connectivity index is 2.17. The van der Waals surface area contributed by atoms with Crippen LogP contribution in [-0.4, -0.2) is 55.7 Å². The van der Waals surface area contributed by atoms with Gasteiger partial charge >= 0.3 is 0 Å². The Labute approximate surface area is 173 Å². The van der Waals surface area contributed by atoms with Gasteiger partial charge in [0.25, 0.3) is 0 Å². The molecule has 0 fully saturated rings. The van der Waals surface area contributed by atoms with Crippen molar-refractivity contribution in [1.82, 2.24) is 9.78 Å². The van der Waals surface area contributed by atoms with Gasteiger partial charge in [0.1, 0.15) is 11.4 Å². The molecule has 1 aromatic heterocycles. The second-order valence-corrected chi connectivity index (χ2v) is 6.15. The highest BCUT2D eigenvalue weighted by atomic mass is 16.5. The summed E-state index contributed by atoms with van der Waals surface area (Å²) in [5, 5.41) is 14.0. The van der Waals surface area contributed by atoms with Crippen molar-refractivity contribution in [2.75, 3.05) is 35.0 Å². The molecular weight excluding hydrogens is 388 g/mol. The van der Waals surface area contributed by atoms with Crippen molar-refractivity contribution in [3.63, 3.8) is 0 Å². The number of carbonyl (C=O) groups excluding carboxylic acids is 1. The fourth-order valence-electron chi connectivity index (χ4n) is 3.01. The van der Waals surface area contributed by atoms with Gasteiger partial charge < -0.3 is 24.1 Å². The molecule has 30 heavy (non-hydrogen) atoms. The van der Waals surface area contributed by atoms with E-state index in [0.717, 1.165) is 0 Å². The number of aromatic nitrogens is 2. The smallest absolute Gasteiger partial charge is 0.214 e. The molecule has 3 aromatic rings. The number of ketones is 1. The van der Waals surface area contributed by atoms with E-state index in [1.54, 1.807) is 37.4 Å². The van der Waals surface area contributed by atoms with Crippen LogP contribution in [0, 0.1) is 12.0 Å². The highest BCUT2D eigenvalue weighted by Crippen LogP contribution is 2.39. The zero-order chi connectivity index (χ0) is 21.7. The molecule has 0 aliphatic rings. The molecule has 0 spiro atoms. The average molecular weight is 410 g/mol. The lowest BCUT2D eigenvalue weighted by atomic mass is 10.0. The SMILES string of the molecule is COc1ccc2c(C(=O)c3cc(OC)c(OC)c(OC)c3)nn(C#CCCO)c2c1. The highest BCUT2D eigenvalue weighted by Gasteiger charge is 2.23. The molecule has 0 aliphatic carbocycles. The fourth-order valence-corrected chi connectivity index (χ4v) is 3.01. The summed E-state index contributed by atoms with van der Waals surface area (Å²) in [5.41, 5.74) is 1.17. The highest BCUT2D eigenvalue weighted by molar-refractivity contribution is 6.15. The second-order valence-electron chi connectivity index (χ2n) is 6.15. The van der Waals surface area contributed by atoms with Crippen LogP contribution in [0.1, 0.15) is 22.5 Å². The average Bonchev–Trinajstić information content (AvgIpc) is 3.15. The van der Waals surface area contributed by atoms with Crippen LogP contribution >= 0.6 is 0 Å². The lowest BCUT2D eigenvalue weighted by Gasteiger charge is -2.13. The molecule has 8 nitrogen and oxygen atoms in total. The zero-order valence-corrected chi connectivity index (χ0v) is 17.2. The van der Waals surface area contributed by atoms with Gasteiger partial charge in [0.15, 0.2) is 11.5 Å². The summed E-state index contributed by atoms with van der Waals surface area (Å²) in [7, 11) is 6.02. The largest absolute Gasteiger partial charge is 0.497 e. The first kappa shape index (κ1) is 21.0. The van der Waals surface area contributed by atoms with Gasteiger partial charge in [-0.1, -0.05) is 5.92 Å². The number of aliphatic hydroxyl groups excluding tert-OH is 1. The van der Waals surface area contributed by atoms with E-state index < -0.39 is 0 Å². The Hall–Kier alpha value is -3.70. The van der Waals surface area contributed by atoms with Gasteiger partial charge in [0, 0.05) is 29.5 Å². The minimum atomic E-state index is -0.327. The lowest BCUT2D eigenvalue weighted by molar-refractivity contribution is 0.103. The number of carbonyl (C=O) groups is 1. The van der Waals surface area contributed by atoms with Crippen molar-refractivity contribution in [3.8, 4) is 35.0 Å². The molecule has 0 aliphatic heterocycles. The first-order valence-corrected chi connectivity index (χ1v) is 9.09. The van der Waals surface area contributed by atoms with Gasteiger partial charge in [-0.25, -0.2) is 0 Å². The van der Waals surface area contributed by atoms with Gasteiger partial charge in [-0.15, -0.1) is 0 Å². The van der Waals surface area contributed by atoms with Gasteiger partial charge in [-0.05, 0) is 24.3 Å². The topological polar surface area (TPSA) is 92.0 Å². The normalized spacial score (nSPS) is 10.3. The van der Waals surface area contributed by atoms with Crippen LogP contribution in [0.2, 0.25) is 0 Å². The van der Waals surface area contributed by atoms with Crippen molar-refractivity contribution >= 4 is 16.7 Å². The molecule has 2 aromatic carbocycles. The van der Waals surface area contributed by atoms with Crippen LogP contribution in [0.15, 0.2) is 30.3 Å². The number of ether oxygens (including phenoxy) is 4. The van der Waals surface area contributed by atoms with E-state index in [1.165, 1.54) is 26.0 Å². The van der Waals surface area contributed by atoms with Crippen molar-refractivity contribution in [2.45, 2.75) is 6.42 Å². The molecule has 0 saturated heterocycles. The number of hydrogen-bond acceptors (Lipinski definition) is 7. The van der Waals surface area contributed by atoms with Gasteiger partial charge in [-0.3, -0.25) is 4.79 Å². The van der Waals surface area contributed by atoms with E-state index in [4.69, 9.17) is 24.1 Å². The summed E-state index contributed by atoms with van der Waals surface area (Å²) < 4.78 is 22.7. The number of fused-ring (bicyclic) bond motifs is 1. The van der Waals surface area contributed by atoms with Crippen molar-refractivity contribution < 1.29 is 28.8 Å². The maximum atomic E-state index is 13.3. The van der Waals surface area contributed by atoms with Crippen molar-refractivity contribution in [2.24, 2.45) is 0 Å². The van der Waals surface area contributed by atoms with Crippen LogP contribution in [0.5, 0.6) is 23.0 Å². The number of nitrogens with zero attached hydrogens (tertiary/aromatic N) is 2. The third-order valence-electron chi connectivity index (χ3n) is 4.45. The van der Waals surface area contributed by atoms with Crippen LogP contribution < -0.4 is 18.9 Å². The summed E-state index contributed by atoms with van der Waals surface area (Å²) in [6.45, 7) is -0.0628. The summed E-state index contributed by atoms with van der Waals surface area (Å²) in [4.78, 5) is 13.3. The third kappa shape index (κ3) is 3.88. The first-order chi connectivity index (χ1) is 14.6. The monoisotopic (exact) mass is 410 g/mol. The Bertz CT molecular complexity index is 1110. The minimum Gasteiger partial charge on any atom is -0.497 e. The molecule has 156 valence electrons. The molecule has 1 heterocycles. The maximum absolute atomic E-state index is 13.3. The zero-order valence-electron chi connectivity index (χ0n) is 17.2. The van der Waals surface area contributed by atoms with Gasteiger partial charge in [-0.2, -0.15) is 9.78 Å². The Morgan fingerprint density at radius 1 is 1.03 bits per heavy atom. The molecule has 8 heteroatoms. The van der Waals surface area contributed by atoms with Crippen LogP contribution in [0.3, 0.4) is 0 Å². The van der Waals surface area contributed by atoms with Crippen LogP contribution in [-0.2, 0) is 0 Å². The fraction of sp³-hybridized carbons (Fsp3) is 0.273. The number of hydrogen-bond donors (Lipinski definition) is 1. The summed E-state index contributed by atoms with van der Waals surface area (Å²) >= 11 is 0. The van der Waals surface area contributed by atoms with E-state index in [1.807, 2.05) is 0 Å². The molecule has 3 rings (SSSR count). The van der Waals surface area contributed by atoms with E-state index >= 15 is 0 Å². The standard InChI is InChI=1S/C22H22N2O6/c1-27-15-7-8-16-17(13-15)24(9-5-6-10-25)23-20(16)21(26)14-11-18(28-2)22(30-4)19(12-14)29-3/h7-8,11-13,25H,6,10H2,1-4H3. The molecule has 0 radical (unpaired) electrons. The predicted octanol–water partition coefficient (Wildman–Crippen LogP) is 2.49. The molecule has 0 atom stereocenters. The number of methoxy groups -OCH3 is 4. The summed E-state index contributed by atoms with van der Waals surface area (Å²) in [6.07, 6.45) is 0.293. The summed E-state index contributed by atoms with van der Waals surface area (Å²) in [6, 6.07) is 11.3. The van der Waals surface area contributed by atoms with Gasteiger partial charge in [0.2, 0.25) is 11.5 Å². The number of benzene rings is 2. The Morgan fingerprint density at radius 2 is 1.73 bits per heavy atom. The lowest BCUT2D eigenvalue weighted by Crippen LogP contribution is -2.06. The molecule has 0 bridgehead atoms. The van der Waals surface area contributed by atoms with Crippen molar-refractivity contribution in [1.29, 1.82) is 0 Å².